The Labute approximate surface area is 116 Å². The summed E-state index contributed by atoms with van der Waals surface area (Å²) in [7, 11) is 1.41. The van der Waals surface area contributed by atoms with E-state index in [0.717, 1.165) is 0 Å². The molecule has 0 aliphatic rings. The molecule has 100 valence electrons. The number of carbonyl (C=O) groups excluding carboxylic acids is 1. The molecule has 0 heterocycles. The Morgan fingerprint density at radius 3 is 2.75 bits per heavy atom. The van der Waals surface area contributed by atoms with Crippen LogP contribution in [-0.4, -0.2) is 18.1 Å². The van der Waals surface area contributed by atoms with Crippen LogP contribution in [0.1, 0.15) is 15.9 Å². The molecule has 0 saturated carbocycles. The average Bonchev–Trinajstić information content (AvgIpc) is 2.47. The highest BCUT2D eigenvalue weighted by Crippen LogP contribution is 2.29. The van der Waals surface area contributed by atoms with Gasteiger partial charge in [-0.05, 0) is 30.3 Å². The summed E-state index contributed by atoms with van der Waals surface area (Å²) >= 11 is 0. The number of aromatic hydroxyl groups is 1. The third kappa shape index (κ3) is 2.70. The van der Waals surface area contributed by atoms with Crippen LogP contribution in [0.15, 0.2) is 42.5 Å². The largest absolute Gasteiger partial charge is 0.504 e. The predicted molar refractivity (Wildman–Crippen MR) is 73.8 cm³/mol. The summed E-state index contributed by atoms with van der Waals surface area (Å²) in [6.07, 6.45) is 0. The number of hydrogen-bond donors (Lipinski definition) is 2. The van der Waals surface area contributed by atoms with E-state index in [1.54, 1.807) is 36.4 Å². The Hall–Kier alpha value is -3.00. The number of nitrogens with zero attached hydrogens (tertiary/aromatic N) is 1. The summed E-state index contributed by atoms with van der Waals surface area (Å²) in [5.41, 5.74) is 1.03. The monoisotopic (exact) mass is 268 g/mol. The summed E-state index contributed by atoms with van der Waals surface area (Å²) in [4.78, 5) is 12.1. The summed E-state index contributed by atoms with van der Waals surface area (Å²) in [5, 5.41) is 21.3. The number of carbonyl (C=O) groups is 1. The van der Waals surface area contributed by atoms with Gasteiger partial charge in [-0.1, -0.05) is 12.1 Å². The second-order valence-electron chi connectivity index (χ2n) is 4.00. The normalized spacial score (nSPS) is 9.60. The molecule has 5 nitrogen and oxygen atoms in total. The Bertz CT molecular complexity index is 690. The molecular formula is C15H12N2O3. The summed E-state index contributed by atoms with van der Waals surface area (Å²) in [5.74, 6) is -0.469. The lowest BCUT2D eigenvalue weighted by Crippen LogP contribution is -2.12. The maximum atomic E-state index is 12.1. The molecule has 0 radical (unpaired) electrons. The zero-order chi connectivity index (χ0) is 14.5. The molecule has 2 aromatic carbocycles. The van der Waals surface area contributed by atoms with Crippen LogP contribution in [0.3, 0.4) is 0 Å². The van der Waals surface area contributed by atoms with E-state index >= 15 is 0 Å². The number of phenolic OH excluding ortho intramolecular Hbond substituents is 1. The van der Waals surface area contributed by atoms with Crippen molar-refractivity contribution in [3.63, 3.8) is 0 Å². The lowest BCUT2D eigenvalue weighted by atomic mass is 10.1. The van der Waals surface area contributed by atoms with E-state index in [0.29, 0.717) is 11.3 Å². The lowest BCUT2D eigenvalue weighted by Gasteiger charge is -2.09. The molecule has 0 bridgehead atoms. The molecule has 0 aliphatic carbocycles. The zero-order valence-electron chi connectivity index (χ0n) is 10.8. The first-order chi connectivity index (χ1) is 9.65. The van der Waals surface area contributed by atoms with Crippen LogP contribution in [0.4, 0.5) is 5.69 Å². The molecule has 0 aliphatic heterocycles. The number of rotatable bonds is 3. The zero-order valence-corrected chi connectivity index (χ0v) is 10.8. The van der Waals surface area contributed by atoms with E-state index in [9.17, 15) is 9.90 Å². The van der Waals surface area contributed by atoms with Crippen LogP contribution in [0.25, 0.3) is 0 Å². The van der Waals surface area contributed by atoms with Crippen molar-refractivity contribution in [1.82, 2.24) is 0 Å². The lowest BCUT2D eigenvalue weighted by molar-refractivity contribution is 0.102. The number of amides is 1. The van der Waals surface area contributed by atoms with Gasteiger partial charge in [-0.3, -0.25) is 4.79 Å². The van der Waals surface area contributed by atoms with Crippen molar-refractivity contribution in [2.45, 2.75) is 0 Å². The Morgan fingerprint density at radius 2 is 2.05 bits per heavy atom. The molecule has 2 rings (SSSR count). The van der Waals surface area contributed by atoms with Crippen molar-refractivity contribution in [2.24, 2.45) is 0 Å². The van der Waals surface area contributed by atoms with Gasteiger partial charge in [-0.2, -0.15) is 5.26 Å². The number of benzene rings is 2. The molecule has 0 spiro atoms. The van der Waals surface area contributed by atoms with Crippen molar-refractivity contribution >= 4 is 11.6 Å². The van der Waals surface area contributed by atoms with Gasteiger partial charge < -0.3 is 15.2 Å². The molecular weight excluding hydrogens is 256 g/mol. The second-order valence-corrected chi connectivity index (χ2v) is 4.00. The maximum absolute atomic E-state index is 12.1. The van der Waals surface area contributed by atoms with Crippen LogP contribution in [0.5, 0.6) is 11.5 Å². The first-order valence-electron chi connectivity index (χ1n) is 5.83. The smallest absolute Gasteiger partial charge is 0.259 e. The number of hydrogen-bond acceptors (Lipinski definition) is 4. The van der Waals surface area contributed by atoms with Gasteiger partial charge in [0.15, 0.2) is 11.5 Å². The topological polar surface area (TPSA) is 82.3 Å². The van der Waals surface area contributed by atoms with Crippen LogP contribution < -0.4 is 10.1 Å². The average molecular weight is 268 g/mol. The summed E-state index contributed by atoms with van der Waals surface area (Å²) in [6.45, 7) is 0. The molecule has 5 heteroatoms. The minimum absolute atomic E-state index is 0.103. The summed E-state index contributed by atoms with van der Waals surface area (Å²) < 4.78 is 4.95. The van der Waals surface area contributed by atoms with E-state index in [4.69, 9.17) is 10.00 Å². The van der Waals surface area contributed by atoms with Crippen molar-refractivity contribution in [3.05, 3.63) is 53.6 Å². The van der Waals surface area contributed by atoms with Crippen molar-refractivity contribution in [1.29, 1.82) is 5.26 Å². The number of phenols is 1. The Morgan fingerprint density at radius 1 is 1.30 bits per heavy atom. The highest BCUT2D eigenvalue weighted by atomic mass is 16.5. The van der Waals surface area contributed by atoms with Gasteiger partial charge in [-0.25, -0.2) is 0 Å². The molecule has 2 N–H and O–H groups in total. The second kappa shape index (κ2) is 5.76. The van der Waals surface area contributed by atoms with Gasteiger partial charge in [0.25, 0.3) is 5.91 Å². The minimum atomic E-state index is -0.475. The summed E-state index contributed by atoms with van der Waals surface area (Å²) in [6, 6.07) is 13.2. The molecule has 20 heavy (non-hydrogen) atoms. The number of para-hydroxylation sites is 1. The van der Waals surface area contributed by atoms with E-state index in [1.165, 1.54) is 13.2 Å². The van der Waals surface area contributed by atoms with E-state index in [-0.39, 0.29) is 17.1 Å². The Balaban J connectivity index is 2.26. The van der Waals surface area contributed by atoms with Gasteiger partial charge in [0, 0.05) is 5.69 Å². The molecule has 1 amide bonds. The Kier molecular flexibility index (Phi) is 3.87. The van der Waals surface area contributed by atoms with Gasteiger partial charge in [0.1, 0.15) is 0 Å². The molecule has 2 aromatic rings. The fourth-order valence-corrected chi connectivity index (χ4v) is 1.74. The first kappa shape index (κ1) is 13.4. The van der Waals surface area contributed by atoms with E-state index in [2.05, 4.69) is 5.32 Å². The van der Waals surface area contributed by atoms with Crippen molar-refractivity contribution in [3.8, 4) is 17.6 Å². The van der Waals surface area contributed by atoms with E-state index in [1.807, 2.05) is 6.07 Å². The van der Waals surface area contributed by atoms with Gasteiger partial charge in [0.2, 0.25) is 0 Å². The van der Waals surface area contributed by atoms with Crippen LogP contribution in [0, 0.1) is 11.3 Å². The molecule has 0 unspecified atom stereocenters. The van der Waals surface area contributed by atoms with Crippen LogP contribution >= 0.6 is 0 Å². The number of methoxy groups -OCH3 is 1. The number of nitriles is 1. The highest BCUT2D eigenvalue weighted by molar-refractivity contribution is 6.06. The number of anilines is 1. The van der Waals surface area contributed by atoms with Gasteiger partial charge in [0.05, 0.1) is 24.3 Å². The fourth-order valence-electron chi connectivity index (χ4n) is 1.74. The standard InChI is InChI=1S/C15H12N2O3/c1-20-13-7-3-6-12(14(13)18)15(19)17-11-5-2-4-10(8-11)9-16/h2-8,18H,1H3,(H,17,19). The molecule has 0 atom stereocenters. The van der Waals surface area contributed by atoms with Crippen molar-refractivity contribution < 1.29 is 14.6 Å². The quantitative estimate of drug-likeness (QED) is 0.896. The van der Waals surface area contributed by atoms with Crippen LogP contribution in [0.2, 0.25) is 0 Å². The maximum Gasteiger partial charge on any atom is 0.259 e. The highest BCUT2D eigenvalue weighted by Gasteiger charge is 2.14. The predicted octanol–water partition coefficient (Wildman–Crippen LogP) is 2.52. The third-order valence-corrected chi connectivity index (χ3v) is 2.71. The number of ether oxygens (including phenoxy) is 1. The van der Waals surface area contributed by atoms with E-state index < -0.39 is 5.91 Å². The third-order valence-electron chi connectivity index (χ3n) is 2.71. The molecule has 0 aromatic heterocycles. The first-order valence-corrected chi connectivity index (χ1v) is 5.83. The van der Waals surface area contributed by atoms with Gasteiger partial charge in [-0.15, -0.1) is 0 Å². The fraction of sp³-hybridized carbons (Fsp3) is 0.0667. The van der Waals surface area contributed by atoms with Crippen LogP contribution in [-0.2, 0) is 0 Å². The molecule has 0 fully saturated rings. The molecule has 0 saturated heterocycles. The van der Waals surface area contributed by atoms with Gasteiger partial charge >= 0.3 is 0 Å². The van der Waals surface area contributed by atoms with Crippen molar-refractivity contribution in [2.75, 3.05) is 12.4 Å². The number of nitrogens with one attached hydrogen (secondary N) is 1. The minimum Gasteiger partial charge on any atom is -0.504 e. The SMILES string of the molecule is COc1cccc(C(=O)Nc2cccc(C#N)c2)c1O.